The van der Waals surface area contributed by atoms with Crippen LogP contribution in [0.4, 0.5) is 0 Å². The van der Waals surface area contributed by atoms with Crippen molar-refractivity contribution in [2.24, 2.45) is 0 Å². The number of hydrogen-bond donors (Lipinski definition) is 0. The zero-order valence-corrected chi connectivity index (χ0v) is 15.2. The summed E-state index contributed by atoms with van der Waals surface area (Å²) in [6.07, 6.45) is 6.52. The smallest absolute Gasteiger partial charge is 0.259 e. The first-order valence-electron chi connectivity index (χ1n) is 8.14. The molecule has 5 nitrogen and oxygen atoms in total. The van der Waals surface area contributed by atoms with Gasteiger partial charge in [0.05, 0.1) is 12.3 Å². The Morgan fingerprint density at radius 3 is 3.00 bits per heavy atom. The summed E-state index contributed by atoms with van der Waals surface area (Å²) in [6, 6.07) is 9.45. The van der Waals surface area contributed by atoms with Crippen LogP contribution in [0, 0.1) is 0 Å². The molecule has 0 saturated heterocycles. The SMILES string of the molecule is CN(C)CCCOc1cccc(C=Cc2cc(=O)n3ccsc3n2)c1. The number of benzene rings is 1. The summed E-state index contributed by atoms with van der Waals surface area (Å²) in [5.41, 5.74) is 1.60. The first kappa shape index (κ1) is 17.4. The van der Waals surface area contributed by atoms with Crippen LogP contribution in [0.25, 0.3) is 17.1 Å². The largest absolute Gasteiger partial charge is 0.494 e. The summed E-state index contributed by atoms with van der Waals surface area (Å²) < 4.78 is 7.33. The van der Waals surface area contributed by atoms with E-state index in [4.69, 9.17) is 4.74 Å². The van der Waals surface area contributed by atoms with E-state index in [2.05, 4.69) is 24.0 Å². The molecule has 130 valence electrons. The highest BCUT2D eigenvalue weighted by Gasteiger charge is 2.01. The molecule has 0 fully saturated rings. The normalized spacial score (nSPS) is 11.6. The quantitative estimate of drug-likeness (QED) is 0.611. The van der Waals surface area contributed by atoms with Gasteiger partial charge in [-0.25, -0.2) is 4.98 Å². The predicted octanol–water partition coefficient (Wildman–Crippen LogP) is 3.26. The number of thiazole rings is 1. The van der Waals surface area contributed by atoms with Crippen molar-refractivity contribution >= 4 is 28.4 Å². The molecule has 0 aliphatic rings. The molecule has 25 heavy (non-hydrogen) atoms. The molecule has 0 unspecified atom stereocenters. The van der Waals surface area contributed by atoms with Gasteiger partial charge in [0.15, 0.2) is 4.96 Å². The number of ether oxygens (including phenoxy) is 1. The summed E-state index contributed by atoms with van der Waals surface area (Å²) in [4.78, 5) is 19.3. The molecule has 2 aromatic heterocycles. The Balaban J connectivity index is 1.68. The third-order valence-electron chi connectivity index (χ3n) is 3.65. The minimum atomic E-state index is -0.0659. The fraction of sp³-hybridized carbons (Fsp3) is 0.263. The van der Waals surface area contributed by atoms with E-state index in [0.29, 0.717) is 17.3 Å². The van der Waals surface area contributed by atoms with Gasteiger partial charge in [-0.2, -0.15) is 0 Å². The summed E-state index contributed by atoms with van der Waals surface area (Å²) in [7, 11) is 4.11. The van der Waals surface area contributed by atoms with Gasteiger partial charge in [0.1, 0.15) is 5.75 Å². The van der Waals surface area contributed by atoms with Crippen molar-refractivity contribution < 1.29 is 4.74 Å². The maximum Gasteiger partial charge on any atom is 0.259 e. The van der Waals surface area contributed by atoms with Crippen molar-refractivity contribution in [1.82, 2.24) is 14.3 Å². The van der Waals surface area contributed by atoms with Crippen LogP contribution in [0.5, 0.6) is 5.75 Å². The van der Waals surface area contributed by atoms with E-state index in [-0.39, 0.29) is 5.56 Å². The molecule has 1 aromatic carbocycles. The van der Waals surface area contributed by atoms with Crippen molar-refractivity contribution in [2.75, 3.05) is 27.2 Å². The van der Waals surface area contributed by atoms with Gasteiger partial charge >= 0.3 is 0 Å². The van der Waals surface area contributed by atoms with Crippen molar-refractivity contribution in [3.63, 3.8) is 0 Å². The molecule has 0 bridgehead atoms. The Hall–Kier alpha value is -2.44. The van der Waals surface area contributed by atoms with Gasteiger partial charge < -0.3 is 9.64 Å². The van der Waals surface area contributed by atoms with Crippen LogP contribution in [0.3, 0.4) is 0 Å². The molecule has 0 aliphatic heterocycles. The Morgan fingerprint density at radius 2 is 2.16 bits per heavy atom. The van der Waals surface area contributed by atoms with Gasteiger partial charge in [0, 0.05) is 24.2 Å². The van der Waals surface area contributed by atoms with Crippen LogP contribution in [0.1, 0.15) is 17.7 Å². The lowest BCUT2D eigenvalue weighted by Gasteiger charge is -2.10. The van der Waals surface area contributed by atoms with E-state index in [1.54, 1.807) is 10.6 Å². The average Bonchev–Trinajstić information content (AvgIpc) is 3.06. The zero-order valence-electron chi connectivity index (χ0n) is 14.4. The van der Waals surface area contributed by atoms with Crippen molar-refractivity contribution in [3.05, 3.63) is 63.5 Å². The first-order chi connectivity index (χ1) is 12.1. The number of hydrogen-bond acceptors (Lipinski definition) is 5. The Bertz CT molecular complexity index is 928. The predicted molar refractivity (Wildman–Crippen MR) is 103 cm³/mol. The monoisotopic (exact) mass is 355 g/mol. The van der Waals surface area contributed by atoms with E-state index >= 15 is 0 Å². The third kappa shape index (κ3) is 4.78. The molecule has 0 radical (unpaired) electrons. The van der Waals surface area contributed by atoms with E-state index in [1.165, 1.54) is 17.4 Å². The second-order valence-electron chi connectivity index (χ2n) is 5.99. The molecule has 0 spiro atoms. The van der Waals surface area contributed by atoms with Gasteiger partial charge in [-0.15, -0.1) is 11.3 Å². The maximum atomic E-state index is 12.0. The number of fused-ring (bicyclic) bond motifs is 1. The highest BCUT2D eigenvalue weighted by Crippen LogP contribution is 2.16. The van der Waals surface area contributed by atoms with Gasteiger partial charge in [-0.05, 0) is 44.3 Å². The Morgan fingerprint density at radius 1 is 1.28 bits per heavy atom. The number of aromatic nitrogens is 2. The summed E-state index contributed by atoms with van der Waals surface area (Å²) >= 11 is 1.45. The zero-order chi connectivity index (χ0) is 17.6. The van der Waals surface area contributed by atoms with Crippen LogP contribution in [-0.2, 0) is 0 Å². The molecule has 0 amide bonds. The van der Waals surface area contributed by atoms with E-state index in [1.807, 2.05) is 41.8 Å². The second-order valence-corrected chi connectivity index (χ2v) is 6.86. The third-order valence-corrected chi connectivity index (χ3v) is 4.40. The summed E-state index contributed by atoms with van der Waals surface area (Å²) in [6.45, 7) is 1.70. The van der Waals surface area contributed by atoms with Crippen molar-refractivity contribution in [2.45, 2.75) is 6.42 Å². The lowest BCUT2D eigenvalue weighted by Crippen LogP contribution is -2.15. The van der Waals surface area contributed by atoms with Gasteiger partial charge in [0.2, 0.25) is 0 Å². The summed E-state index contributed by atoms with van der Waals surface area (Å²) in [5, 5.41) is 1.86. The molecule has 3 rings (SSSR count). The van der Waals surface area contributed by atoms with Crippen LogP contribution < -0.4 is 10.3 Å². The van der Waals surface area contributed by atoms with Crippen LogP contribution in [0.15, 0.2) is 46.7 Å². The molecule has 2 heterocycles. The fourth-order valence-electron chi connectivity index (χ4n) is 2.41. The lowest BCUT2D eigenvalue weighted by molar-refractivity contribution is 0.281. The molecular weight excluding hydrogens is 334 g/mol. The fourth-order valence-corrected chi connectivity index (χ4v) is 3.13. The highest BCUT2D eigenvalue weighted by molar-refractivity contribution is 7.15. The molecular formula is C19H21N3O2S. The van der Waals surface area contributed by atoms with Crippen molar-refractivity contribution in [3.8, 4) is 5.75 Å². The van der Waals surface area contributed by atoms with E-state index in [0.717, 1.165) is 24.3 Å². The number of rotatable bonds is 7. The maximum absolute atomic E-state index is 12.0. The minimum absolute atomic E-state index is 0.0659. The first-order valence-corrected chi connectivity index (χ1v) is 9.02. The standard InChI is InChI=1S/C19H21N3O2S/c1-21(2)9-4-11-24-17-6-3-5-15(13-17)7-8-16-14-18(23)22-10-12-25-19(22)20-16/h3,5-8,10,12-14H,4,9,11H2,1-2H3. The lowest BCUT2D eigenvalue weighted by atomic mass is 10.2. The average molecular weight is 355 g/mol. The minimum Gasteiger partial charge on any atom is -0.494 e. The highest BCUT2D eigenvalue weighted by atomic mass is 32.1. The van der Waals surface area contributed by atoms with Crippen LogP contribution >= 0.6 is 11.3 Å². The molecule has 0 aliphatic carbocycles. The number of nitrogens with zero attached hydrogens (tertiary/aromatic N) is 3. The molecule has 3 aromatic rings. The van der Waals surface area contributed by atoms with Crippen LogP contribution in [0.2, 0.25) is 0 Å². The topological polar surface area (TPSA) is 46.8 Å². The van der Waals surface area contributed by atoms with Crippen LogP contribution in [-0.4, -0.2) is 41.5 Å². The van der Waals surface area contributed by atoms with E-state index < -0.39 is 0 Å². The van der Waals surface area contributed by atoms with Gasteiger partial charge in [-0.1, -0.05) is 18.2 Å². The van der Waals surface area contributed by atoms with Gasteiger partial charge in [0.25, 0.3) is 5.56 Å². The Kier molecular flexibility index (Phi) is 5.63. The van der Waals surface area contributed by atoms with Crippen molar-refractivity contribution in [1.29, 1.82) is 0 Å². The molecule has 6 heteroatoms. The second kappa shape index (κ2) is 8.09. The Labute approximate surface area is 150 Å². The molecule has 0 atom stereocenters. The van der Waals surface area contributed by atoms with E-state index in [9.17, 15) is 4.79 Å². The molecule has 0 saturated carbocycles. The van der Waals surface area contributed by atoms with Gasteiger partial charge in [-0.3, -0.25) is 9.20 Å². The summed E-state index contributed by atoms with van der Waals surface area (Å²) in [5.74, 6) is 0.850. The molecule has 0 N–H and O–H groups in total.